The standard InChI is InChI=1S/C17H24O/c1-4-5-6-7-8-9-15-10-12-16(13-11-15)17(18)14(2)3/h10-13H,2,4-9H2,1,3H3. The Morgan fingerprint density at radius 3 is 2.22 bits per heavy atom. The van der Waals surface area contributed by atoms with Gasteiger partial charge in [-0.2, -0.15) is 0 Å². The molecule has 0 saturated carbocycles. The lowest BCUT2D eigenvalue weighted by atomic mass is 10.0. The third kappa shape index (κ3) is 4.87. The fraction of sp³-hybridized carbons (Fsp3) is 0.471. The van der Waals surface area contributed by atoms with Gasteiger partial charge in [-0.05, 0) is 30.9 Å². The largest absolute Gasteiger partial charge is 0.289 e. The van der Waals surface area contributed by atoms with Crippen LogP contribution in [-0.4, -0.2) is 5.78 Å². The molecule has 0 aliphatic rings. The molecule has 0 bridgehead atoms. The zero-order valence-corrected chi connectivity index (χ0v) is 11.7. The molecule has 18 heavy (non-hydrogen) atoms. The molecule has 0 spiro atoms. The first-order valence-electron chi connectivity index (χ1n) is 6.94. The van der Waals surface area contributed by atoms with Gasteiger partial charge in [-0.25, -0.2) is 0 Å². The predicted octanol–water partition coefficient (Wildman–Crippen LogP) is 4.96. The van der Waals surface area contributed by atoms with E-state index >= 15 is 0 Å². The number of carbonyl (C=O) groups is 1. The zero-order valence-electron chi connectivity index (χ0n) is 11.7. The molecule has 0 heterocycles. The topological polar surface area (TPSA) is 17.1 Å². The number of unbranched alkanes of at least 4 members (excludes halogenated alkanes) is 4. The number of hydrogen-bond donors (Lipinski definition) is 0. The first kappa shape index (κ1) is 14.7. The minimum Gasteiger partial charge on any atom is -0.289 e. The average Bonchev–Trinajstić information content (AvgIpc) is 2.38. The van der Waals surface area contributed by atoms with Gasteiger partial charge in [0.1, 0.15) is 0 Å². The van der Waals surface area contributed by atoms with Crippen molar-refractivity contribution in [1.29, 1.82) is 0 Å². The molecule has 0 radical (unpaired) electrons. The van der Waals surface area contributed by atoms with Gasteiger partial charge in [-0.1, -0.05) is 63.5 Å². The second-order valence-electron chi connectivity index (χ2n) is 4.97. The highest BCUT2D eigenvalue weighted by Crippen LogP contribution is 2.12. The van der Waals surface area contributed by atoms with E-state index in [4.69, 9.17) is 0 Å². The van der Waals surface area contributed by atoms with Crippen molar-refractivity contribution < 1.29 is 4.79 Å². The lowest BCUT2D eigenvalue weighted by Crippen LogP contribution is -1.99. The summed E-state index contributed by atoms with van der Waals surface area (Å²) in [6.45, 7) is 7.67. The molecule has 0 unspecified atom stereocenters. The highest BCUT2D eigenvalue weighted by Gasteiger charge is 2.05. The summed E-state index contributed by atoms with van der Waals surface area (Å²) in [5.41, 5.74) is 2.67. The SMILES string of the molecule is C=C(C)C(=O)c1ccc(CCCCCCC)cc1. The van der Waals surface area contributed by atoms with Crippen molar-refractivity contribution in [1.82, 2.24) is 0 Å². The second kappa shape index (κ2) is 7.86. The van der Waals surface area contributed by atoms with Crippen molar-refractivity contribution in [2.75, 3.05) is 0 Å². The molecular formula is C17H24O. The number of hydrogen-bond acceptors (Lipinski definition) is 1. The molecule has 1 aromatic rings. The lowest BCUT2D eigenvalue weighted by molar-refractivity contribution is 0.103. The van der Waals surface area contributed by atoms with E-state index in [9.17, 15) is 4.79 Å². The lowest BCUT2D eigenvalue weighted by Gasteiger charge is -2.04. The molecule has 0 amide bonds. The molecule has 0 aliphatic heterocycles. The predicted molar refractivity (Wildman–Crippen MR) is 78.0 cm³/mol. The van der Waals surface area contributed by atoms with Crippen LogP contribution in [0.15, 0.2) is 36.4 Å². The van der Waals surface area contributed by atoms with Gasteiger partial charge in [0.2, 0.25) is 0 Å². The van der Waals surface area contributed by atoms with Crippen LogP contribution in [-0.2, 0) is 6.42 Å². The summed E-state index contributed by atoms with van der Waals surface area (Å²) < 4.78 is 0. The molecule has 0 atom stereocenters. The van der Waals surface area contributed by atoms with Crippen LogP contribution >= 0.6 is 0 Å². The number of ketones is 1. The molecular weight excluding hydrogens is 220 g/mol. The van der Waals surface area contributed by atoms with Gasteiger partial charge in [-0.15, -0.1) is 0 Å². The summed E-state index contributed by atoms with van der Waals surface area (Å²) in [5.74, 6) is 0.0458. The van der Waals surface area contributed by atoms with Crippen LogP contribution in [0.2, 0.25) is 0 Å². The summed E-state index contributed by atoms with van der Waals surface area (Å²) in [5, 5.41) is 0. The number of aryl methyl sites for hydroxylation is 1. The van der Waals surface area contributed by atoms with Gasteiger partial charge >= 0.3 is 0 Å². The number of rotatable bonds is 8. The molecule has 1 heteroatoms. The van der Waals surface area contributed by atoms with Crippen molar-refractivity contribution in [3.05, 3.63) is 47.5 Å². The van der Waals surface area contributed by atoms with Crippen molar-refractivity contribution in [3.8, 4) is 0 Å². The zero-order chi connectivity index (χ0) is 13.4. The second-order valence-corrected chi connectivity index (χ2v) is 4.97. The number of Topliss-reactive ketones (excluding diaryl/α,β-unsaturated/α-hetero) is 1. The highest BCUT2D eigenvalue weighted by molar-refractivity contribution is 6.07. The molecule has 0 N–H and O–H groups in total. The van der Waals surface area contributed by atoms with E-state index in [0.717, 1.165) is 12.0 Å². The van der Waals surface area contributed by atoms with Gasteiger partial charge in [0.15, 0.2) is 5.78 Å². The molecule has 1 rings (SSSR count). The summed E-state index contributed by atoms with van der Waals surface area (Å²) >= 11 is 0. The maximum Gasteiger partial charge on any atom is 0.188 e. The van der Waals surface area contributed by atoms with E-state index in [1.54, 1.807) is 6.92 Å². The molecule has 1 aromatic carbocycles. The van der Waals surface area contributed by atoms with Crippen LogP contribution in [0.4, 0.5) is 0 Å². The van der Waals surface area contributed by atoms with Crippen LogP contribution in [0, 0.1) is 0 Å². The van der Waals surface area contributed by atoms with Crippen molar-refractivity contribution in [2.45, 2.75) is 52.4 Å². The Morgan fingerprint density at radius 1 is 1.06 bits per heavy atom. The summed E-state index contributed by atoms with van der Waals surface area (Å²) in [6.07, 6.45) is 7.63. The van der Waals surface area contributed by atoms with Gasteiger partial charge < -0.3 is 0 Å². The third-order valence-electron chi connectivity index (χ3n) is 3.17. The molecule has 0 fully saturated rings. The first-order chi connectivity index (χ1) is 8.65. The van der Waals surface area contributed by atoms with Gasteiger partial charge in [0, 0.05) is 5.56 Å². The molecule has 98 valence electrons. The van der Waals surface area contributed by atoms with Gasteiger partial charge in [0.05, 0.1) is 0 Å². The van der Waals surface area contributed by atoms with E-state index in [-0.39, 0.29) is 5.78 Å². The number of benzene rings is 1. The number of carbonyl (C=O) groups excluding carboxylic acids is 1. The maximum atomic E-state index is 11.7. The van der Waals surface area contributed by atoms with Crippen molar-refractivity contribution >= 4 is 5.78 Å². The fourth-order valence-corrected chi connectivity index (χ4v) is 2.00. The Kier molecular flexibility index (Phi) is 6.42. The molecule has 0 aliphatic carbocycles. The Balaban J connectivity index is 2.41. The van der Waals surface area contributed by atoms with Crippen LogP contribution in [0.3, 0.4) is 0 Å². The van der Waals surface area contributed by atoms with E-state index < -0.39 is 0 Å². The highest BCUT2D eigenvalue weighted by atomic mass is 16.1. The van der Waals surface area contributed by atoms with Gasteiger partial charge in [-0.3, -0.25) is 4.79 Å². The first-order valence-corrected chi connectivity index (χ1v) is 6.94. The minimum absolute atomic E-state index is 0.0458. The van der Waals surface area contributed by atoms with E-state index in [1.165, 1.54) is 37.7 Å². The average molecular weight is 244 g/mol. The van der Waals surface area contributed by atoms with Crippen LogP contribution in [0.25, 0.3) is 0 Å². The van der Waals surface area contributed by atoms with E-state index in [1.807, 2.05) is 12.1 Å². The third-order valence-corrected chi connectivity index (χ3v) is 3.17. The minimum atomic E-state index is 0.0458. The summed E-state index contributed by atoms with van der Waals surface area (Å²) in [6, 6.07) is 7.96. The molecule has 0 aromatic heterocycles. The quantitative estimate of drug-likeness (QED) is 0.359. The van der Waals surface area contributed by atoms with E-state index in [0.29, 0.717) is 5.57 Å². The summed E-state index contributed by atoms with van der Waals surface area (Å²) in [7, 11) is 0. The Morgan fingerprint density at radius 2 is 1.67 bits per heavy atom. The Bertz CT molecular complexity index is 387. The van der Waals surface area contributed by atoms with Crippen LogP contribution in [0.1, 0.15) is 61.9 Å². The van der Waals surface area contributed by atoms with Crippen molar-refractivity contribution in [3.63, 3.8) is 0 Å². The Labute approximate surface area is 111 Å². The molecule has 1 nitrogen and oxygen atoms in total. The smallest absolute Gasteiger partial charge is 0.188 e. The van der Waals surface area contributed by atoms with Gasteiger partial charge in [0.25, 0.3) is 0 Å². The monoisotopic (exact) mass is 244 g/mol. The van der Waals surface area contributed by atoms with Crippen LogP contribution in [0.5, 0.6) is 0 Å². The number of allylic oxidation sites excluding steroid dienone is 1. The molecule has 0 saturated heterocycles. The summed E-state index contributed by atoms with van der Waals surface area (Å²) in [4.78, 5) is 11.7. The normalized spacial score (nSPS) is 10.3. The van der Waals surface area contributed by atoms with Crippen molar-refractivity contribution in [2.24, 2.45) is 0 Å². The van der Waals surface area contributed by atoms with E-state index in [2.05, 4.69) is 25.6 Å². The maximum absolute atomic E-state index is 11.7. The van der Waals surface area contributed by atoms with Crippen LogP contribution < -0.4 is 0 Å². The fourth-order valence-electron chi connectivity index (χ4n) is 2.00. The Hall–Kier alpha value is -1.37.